The highest BCUT2D eigenvalue weighted by Crippen LogP contribution is 2.38. The van der Waals surface area contributed by atoms with Crippen LogP contribution in [0.25, 0.3) is 65.7 Å². The van der Waals surface area contributed by atoms with Crippen molar-refractivity contribution in [2.24, 2.45) is 0 Å². The highest BCUT2D eigenvalue weighted by atomic mass is 16.3. The first-order chi connectivity index (χ1) is 16.3. The van der Waals surface area contributed by atoms with E-state index in [1.54, 1.807) is 0 Å². The molecule has 1 aromatic heterocycles. The van der Waals surface area contributed by atoms with Crippen molar-refractivity contribution in [3.05, 3.63) is 121 Å². The standard InChI is InChI=1S/C32H20O/c1-2-8-22-19-23(14-13-21(22)7-1)25-16-17-26(28-10-4-3-9-27(25)28)24-15-18-32-30(20-24)29-11-5-6-12-31(29)33-32/h1-20H. The third-order valence-corrected chi connectivity index (χ3v) is 6.67. The van der Waals surface area contributed by atoms with E-state index in [2.05, 4.69) is 109 Å². The maximum absolute atomic E-state index is 6.04. The Morgan fingerprint density at radius 2 is 0.939 bits per heavy atom. The second-order valence-corrected chi connectivity index (χ2v) is 8.58. The summed E-state index contributed by atoms with van der Waals surface area (Å²) in [4.78, 5) is 0. The van der Waals surface area contributed by atoms with Gasteiger partial charge in [0.1, 0.15) is 11.2 Å². The van der Waals surface area contributed by atoms with Crippen LogP contribution < -0.4 is 0 Å². The number of hydrogen-bond donors (Lipinski definition) is 0. The van der Waals surface area contributed by atoms with Gasteiger partial charge in [-0.05, 0) is 68.1 Å². The van der Waals surface area contributed by atoms with Gasteiger partial charge in [0.2, 0.25) is 0 Å². The molecule has 0 aliphatic carbocycles. The van der Waals surface area contributed by atoms with E-state index in [0.717, 1.165) is 21.9 Å². The molecule has 1 heteroatoms. The zero-order chi connectivity index (χ0) is 21.8. The van der Waals surface area contributed by atoms with E-state index in [-0.39, 0.29) is 0 Å². The Kier molecular flexibility index (Phi) is 3.91. The molecule has 0 unspecified atom stereocenters. The Morgan fingerprint density at radius 3 is 1.73 bits per heavy atom. The van der Waals surface area contributed by atoms with Gasteiger partial charge in [-0.3, -0.25) is 0 Å². The molecule has 6 aromatic carbocycles. The van der Waals surface area contributed by atoms with Crippen LogP contribution in [0.15, 0.2) is 126 Å². The molecule has 0 atom stereocenters. The molecule has 0 N–H and O–H groups in total. The predicted molar refractivity (Wildman–Crippen MR) is 140 cm³/mol. The lowest BCUT2D eigenvalue weighted by molar-refractivity contribution is 0.669. The van der Waals surface area contributed by atoms with Gasteiger partial charge in [0.15, 0.2) is 0 Å². The van der Waals surface area contributed by atoms with Gasteiger partial charge in [0.05, 0.1) is 0 Å². The molecule has 1 nitrogen and oxygen atoms in total. The summed E-state index contributed by atoms with van der Waals surface area (Å²) in [6.45, 7) is 0. The number of furan rings is 1. The fraction of sp³-hybridized carbons (Fsp3) is 0. The normalized spacial score (nSPS) is 11.6. The van der Waals surface area contributed by atoms with E-state index in [0.29, 0.717) is 0 Å². The van der Waals surface area contributed by atoms with E-state index in [9.17, 15) is 0 Å². The van der Waals surface area contributed by atoms with Crippen LogP contribution in [-0.2, 0) is 0 Å². The summed E-state index contributed by atoms with van der Waals surface area (Å²) in [5, 5.41) is 7.37. The van der Waals surface area contributed by atoms with Gasteiger partial charge < -0.3 is 4.42 Å². The Balaban J connectivity index is 1.45. The molecule has 1 heterocycles. The molecule has 7 rings (SSSR count). The third-order valence-electron chi connectivity index (χ3n) is 6.67. The van der Waals surface area contributed by atoms with Crippen molar-refractivity contribution in [1.29, 1.82) is 0 Å². The minimum atomic E-state index is 0.928. The van der Waals surface area contributed by atoms with Crippen LogP contribution in [0.5, 0.6) is 0 Å². The molecule has 0 aliphatic heterocycles. The molecule has 0 bridgehead atoms. The maximum Gasteiger partial charge on any atom is 0.135 e. The van der Waals surface area contributed by atoms with Gasteiger partial charge in [-0.15, -0.1) is 0 Å². The lowest BCUT2D eigenvalue weighted by Gasteiger charge is -2.13. The fourth-order valence-electron chi connectivity index (χ4n) is 5.05. The average molecular weight is 421 g/mol. The zero-order valence-corrected chi connectivity index (χ0v) is 18.0. The number of benzene rings is 6. The molecule has 0 amide bonds. The van der Waals surface area contributed by atoms with E-state index >= 15 is 0 Å². The summed E-state index contributed by atoms with van der Waals surface area (Å²) >= 11 is 0. The summed E-state index contributed by atoms with van der Waals surface area (Å²) < 4.78 is 6.04. The first-order valence-corrected chi connectivity index (χ1v) is 11.3. The van der Waals surface area contributed by atoms with Crippen LogP contribution in [0.2, 0.25) is 0 Å². The van der Waals surface area contributed by atoms with Crippen LogP contribution in [0.4, 0.5) is 0 Å². The maximum atomic E-state index is 6.04. The summed E-state index contributed by atoms with van der Waals surface area (Å²) in [5.41, 5.74) is 6.80. The Morgan fingerprint density at radius 1 is 0.364 bits per heavy atom. The third kappa shape index (κ3) is 2.86. The minimum Gasteiger partial charge on any atom is -0.456 e. The van der Waals surface area contributed by atoms with Crippen molar-refractivity contribution in [2.45, 2.75) is 0 Å². The van der Waals surface area contributed by atoms with Gasteiger partial charge in [-0.1, -0.05) is 97.1 Å². The smallest absolute Gasteiger partial charge is 0.135 e. The SMILES string of the molecule is c1ccc2cc(-c3ccc(-c4ccc5oc6ccccc6c5c4)c4ccccc34)ccc2c1. The lowest BCUT2D eigenvalue weighted by Crippen LogP contribution is -1.86. The van der Waals surface area contributed by atoms with Gasteiger partial charge in [-0.25, -0.2) is 0 Å². The van der Waals surface area contributed by atoms with Crippen molar-refractivity contribution >= 4 is 43.5 Å². The summed E-state index contributed by atoms with van der Waals surface area (Å²) in [5.74, 6) is 0. The Labute approximate surface area is 191 Å². The zero-order valence-electron chi connectivity index (χ0n) is 18.0. The van der Waals surface area contributed by atoms with Crippen molar-refractivity contribution in [2.75, 3.05) is 0 Å². The molecule has 0 aliphatic rings. The van der Waals surface area contributed by atoms with Gasteiger partial charge in [0.25, 0.3) is 0 Å². The van der Waals surface area contributed by atoms with Crippen LogP contribution in [0, 0.1) is 0 Å². The second-order valence-electron chi connectivity index (χ2n) is 8.58. The number of hydrogen-bond acceptors (Lipinski definition) is 1. The van der Waals surface area contributed by atoms with E-state index in [4.69, 9.17) is 4.42 Å². The van der Waals surface area contributed by atoms with Gasteiger partial charge >= 0.3 is 0 Å². The van der Waals surface area contributed by atoms with Gasteiger partial charge in [0, 0.05) is 10.8 Å². The minimum absolute atomic E-state index is 0.928. The van der Waals surface area contributed by atoms with E-state index < -0.39 is 0 Å². The molecule has 0 saturated heterocycles. The van der Waals surface area contributed by atoms with Gasteiger partial charge in [-0.2, -0.15) is 0 Å². The first-order valence-electron chi connectivity index (χ1n) is 11.3. The fourth-order valence-corrected chi connectivity index (χ4v) is 5.05. The molecule has 33 heavy (non-hydrogen) atoms. The monoisotopic (exact) mass is 420 g/mol. The molecule has 0 saturated carbocycles. The quantitative estimate of drug-likeness (QED) is 0.272. The largest absolute Gasteiger partial charge is 0.456 e. The average Bonchev–Trinajstić information content (AvgIpc) is 3.26. The highest BCUT2D eigenvalue weighted by molar-refractivity contribution is 6.09. The number of fused-ring (bicyclic) bond motifs is 5. The van der Waals surface area contributed by atoms with Crippen molar-refractivity contribution in [3.8, 4) is 22.3 Å². The van der Waals surface area contributed by atoms with Crippen LogP contribution >= 0.6 is 0 Å². The Bertz CT molecular complexity index is 1820. The Hall–Kier alpha value is -4.36. The van der Waals surface area contributed by atoms with Crippen LogP contribution in [0.3, 0.4) is 0 Å². The first kappa shape index (κ1) is 18.2. The molecule has 0 fully saturated rings. The summed E-state index contributed by atoms with van der Waals surface area (Å²) in [7, 11) is 0. The summed E-state index contributed by atoms with van der Waals surface area (Å²) in [6, 6.07) is 43.3. The molecule has 0 spiro atoms. The topological polar surface area (TPSA) is 13.1 Å². The molecule has 0 radical (unpaired) electrons. The molecular weight excluding hydrogens is 400 g/mol. The number of para-hydroxylation sites is 1. The van der Waals surface area contributed by atoms with E-state index in [1.807, 2.05) is 12.1 Å². The van der Waals surface area contributed by atoms with Crippen molar-refractivity contribution in [3.63, 3.8) is 0 Å². The summed E-state index contributed by atoms with van der Waals surface area (Å²) in [6.07, 6.45) is 0. The number of rotatable bonds is 2. The van der Waals surface area contributed by atoms with Crippen molar-refractivity contribution < 1.29 is 4.42 Å². The van der Waals surface area contributed by atoms with Crippen molar-refractivity contribution in [1.82, 2.24) is 0 Å². The molecule has 7 aromatic rings. The molecule has 154 valence electrons. The van der Waals surface area contributed by atoms with Crippen LogP contribution in [-0.4, -0.2) is 0 Å². The van der Waals surface area contributed by atoms with E-state index in [1.165, 1.54) is 43.8 Å². The molecular formula is C32H20O. The lowest BCUT2D eigenvalue weighted by atomic mass is 9.91. The highest BCUT2D eigenvalue weighted by Gasteiger charge is 2.12. The van der Waals surface area contributed by atoms with Crippen LogP contribution in [0.1, 0.15) is 0 Å². The predicted octanol–water partition coefficient (Wildman–Crippen LogP) is 9.23. The second kappa shape index (κ2) is 7.08.